The third-order valence-corrected chi connectivity index (χ3v) is 2.41. The van der Waals surface area contributed by atoms with E-state index < -0.39 is 16.9 Å². The molecule has 0 radical (unpaired) electrons. The Morgan fingerprint density at radius 1 is 1.32 bits per heavy atom. The van der Waals surface area contributed by atoms with Gasteiger partial charge in [0.2, 0.25) is 11.8 Å². The summed E-state index contributed by atoms with van der Waals surface area (Å²) in [4.78, 5) is 32.1. The number of nitrogens with two attached hydrogens (primary N) is 2. The summed E-state index contributed by atoms with van der Waals surface area (Å²) in [5.74, 6) is -1.01. The van der Waals surface area contributed by atoms with Gasteiger partial charge in [-0.1, -0.05) is 0 Å². The fraction of sp³-hybridized carbons (Fsp3) is 0.273. The number of nitrogens with one attached hydrogen (secondary N) is 1. The van der Waals surface area contributed by atoms with Crippen molar-refractivity contribution < 1.29 is 14.5 Å². The lowest BCUT2D eigenvalue weighted by Gasteiger charge is -2.07. The quantitative estimate of drug-likeness (QED) is 0.495. The first kappa shape index (κ1) is 14.6. The summed E-state index contributed by atoms with van der Waals surface area (Å²) in [6.45, 7) is 0. The van der Waals surface area contributed by atoms with Crippen LogP contribution in [0.4, 0.5) is 11.4 Å². The number of rotatable bonds is 6. The Hall–Kier alpha value is -2.48. The van der Waals surface area contributed by atoms with Crippen molar-refractivity contribution in [1.29, 1.82) is 0 Å². The van der Waals surface area contributed by atoms with Crippen molar-refractivity contribution in [3.63, 3.8) is 0 Å². The van der Waals surface area contributed by atoms with Crippen molar-refractivity contribution in [1.82, 2.24) is 0 Å². The number of carbonyl (C=O) groups is 2. The van der Waals surface area contributed by atoms with E-state index in [9.17, 15) is 19.7 Å². The van der Waals surface area contributed by atoms with Gasteiger partial charge >= 0.3 is 0 Å². The molecule has 0 spiro atoms. The molecule has 0 fully saturated rings. The Morgan fingerprint density at radius 2 is 1.89 bits per heavy atom. The molecule has 2 amide bonds. The maximum absolute atomic E-state index is 11.5. The average molecular weight is 266 g/mol. The first-order valence-electron chi connectivity index (χ1n) is 5.49. The normalized spacial score (nSPS) is 11.6. The maximum atomic E-state index is 11.5. The molecule has 0 bridgehead atoms. The highest BCUT2D eigenvalue weighted by molar-refractivity contribution is 5.91. The molecule has 1 aromatic rings. The van der Waals surface area contributed by atoms with Crippen LogP contribution >= 0.6 is 0 Å². The summed E-state index contributed by atoms with van der Waals surface area (Å²) in [5.41, 5.74) is 10.7. The molecule has 0 aliphatic rings. The lowest BCUT2D eigenvalue weighted by molar-refractivity contribution is -0.384. The minimum atomic E-state index is -0.859. The molecule has 0 saturated heterocycles. The van der Waals surface area contributed by atoms with Gasteiger partial charge in [-0.2, -0.15) is 0 Å². The van der Waals surface area contributed by atoms with Crippen molar-refractivity contribution in [3.8, 4) is 0 Å². The average Bonchev–Trinajstić information content (AvgIpc) is 2.36. The number of anilines is 1. The topological polar surface area (TPSA) is 141 Å². The Bertz CT molecular complexity index is 486. The standard InChI is InChI=1S/C11H14N4O4/c12-9(11(13)17)5-6-10(16)14-7-1-3-8(4-2-7)15(18)19/h1-4,9H,5-6,12H2,(H2,13,17)(H,14,16)/t9-/m0/s1. The Labute approximate surface area is 108 Å². The molecule has 0 saturated carbocycles. The van der Waals surface area contributed by atoms with Crippen molar-refractivity contribution in [2.24, 2.45) is 11.5 Å². The van der Waals surface area contributed by atoms with Gasteiger partial charge in [-0.15, -0.1) is 0 Å². The van der Waals surface area contributed by atoms with E-state index >= 15 is 0 Å². The zero-order valence-corrected chi connectivity index (χ0v) is 10.0. The second kappa shape index (κ2) is 6.45. The number of hydrogen-bond donors (Lipinski definition) is 3. The van der Waals surface area contributed by atoms with Gasteiger partial charge in [-0.05, 0) is 18.6 Å². The highest BCUT2D eigenvalue weighted by Gasteiger charge is 2.12. The van der Waals surface area contributed by atoms with Crippen LogP contribution in [0.5, 0.6) is 0 Å². The largest absolute Gasteiger partial charge is 0.368 e. The summed E-state index contributed by atoms with van der Waals surface area (Å²) < 4.78 is 0. The predicted octanol–water partition coefficient (Wildman–Crippen LogP) is 0.126. The van der Waals surface area contributed by atoms with Crippen molar-refractivity contribution in [3.05, 3.63) is 34.4 Å². The van der Waals surface area contributed by atoms with Crippen LogP contribution in [0.15, 0.2) is 24.3 Å². The third kappa shape index (κ3) is 4.72. The van der Waals surface area contributed by atoms with Crippen LogP contribution in [0, 0.1) is 10.1 Å². The second-order valence-corrected chi connectivity index (χ2v) is 3.90. The van der Waals surface area contributed by atoms with E-state index in [0.717, 1.165) is 0 Å². The predicted molar refractivity (Wildman–Crippen MR) is 68.1 cm³/mol. The second-order valence-electron chi connectivity index (χ2n) is 3.90. The molecule has 8 nitrogen and oxygen atoms in total. The monoisotopic (exact) mass is 266 g/mol. The summed E-state index contributed by atoms with van der Waals surface area (Å²) in [6.07, 6.45) is 0.190. The zero-order chi connectivity index (χ0) is 14.4. The molecule has 1 atom stereocenters. The Kier molecular flexibility index (Phi) is 4.95. The molecule has 0 aliphatic heterocycles. The van der Waals surface area contributed by atoms with Gasteiger partial charge < -0.3 is 16.8 Å². The van der Waals surface area contributed by atoms with Crippen LogP contribution in [-0.2, 0) is 9.59 Å². The Balaban J connectivity index is 2.48. The van der Waals surface area contributed by atoms with Gasteiger partial charge in [0, 0.05) is 24.2 Å². The molecular weight excluding hydrogens is 252 g/mol. The van der Waals surface area contributed by atoms with E-state index in [-0.39, 0.29) is 24.4 Å². The van der Waals surface area contributed by atoms with E-state index in [1.807, 2.05) is 0 Å². The SMILES string of the molecule is NC(=O)[C@@H](N)CCC(=O)Nc1ccc([N+](=O)[O-])cc1. The van der Waals surface area contributed by atoms with Crippen LogP contribution in [0.25, 0.3) is 0 Å². The zero-order valence-electron chi connectivity index (χ0n) is 10.0. The van der Waals surface area contributed by atoms with Crippen molar-refractivity contribution in [2.75, 3.05) is 5.32 Å². The number of hydrogen-bond acceptors (Lipinski definition) is 5. The van der Waals surface area contributed by atoms with Crippen molar-refractivity contribution >= 4 is 23.2 Å². The number of amides is 2. The first-order chi connectivity index (χ1) is 8.90. The summed E-state index contributed by atoms with van der Waals surface area (Å²) in [6, 6.07) is 4.55. The van der Waals surface area contributed by atoms with Gasteiger partial charge in [0.1, 0.15) is 0 Å². The first-order valence-corrected chi connectivity index (χ1v) is 5.49. The van der Waals surface area contributed by atoms with E-state index in [4.69, 9.17) is 11.5 Å². The van der Waals surface area contributed by atoms with E-state index in [2.05, 4.69) is 5.32 Å². The van der Waals surface area contributed by atoms with Crippen LogP contribution in [0.2, 0.25) is 0 Å². The lowest BCUT2D eigenvalue weighted by atomic mass is 10.1. The molecule has 8 heteroatoms. The molecule has 0 aromatic heterocycles. The van der Waals surface area contributed by atoms with Gasteiger partial charge in [-0.25, -0.2) is 0 Å². The fourth-order valence-corrected chi connectivity index (χ4v) is 1.32. The van der Waals surface area contributed by atoms with Crippen molar-refractivity contribution in [2.45, 2.75) is 18.9 Å². The Morgan fingerprint density at radius 3 is 2.37 bits per heavy atom. The fourth-order valence-electron chi connectivity index (χ4n) is 1.32. The van der Waals surface area contributed by atoms with Crippen LogP contribution in [-0.4, -0.2) is 22.8 Å². The van der Waals surface area contributed by atoms with Gasteiger partial charge in [0.15, 0.2) is 0 Å². The molecule has 0 heterocycles. The molecule has 1 rings (SSSR count). The molecule has 19 heavy (non-hydrogen) atoms. The summed E-state index contributed by atoms with van der Waals surface area (Å²) in [7, 11) is 0. The number of nitro benzene ring substituents is 1. The van der Waals surface area contributed by atoms with Gasteiger partial charge in [-0.3, -0.25) is 19.7 Å². The van der Waals surface area contributed by atoms with E-state index in [1.54, 1.807) is 0 Å². The minimum absolute atomic E-state index is 0.0428. The summed E-state index contributed by atoms with van der Waals surface area (Å²) >= 11 is 0. The number of primary amides is 1. The molecular formula is C11H14N4O4. The number of benzene rings is 1. The summed E-state index contributed by atoms with van der Waals surface area (Å²) in [5, 5.41) is 13.0. The molecule has 1 aromatic carbocycles. The highest BCUT2D eigenvalue weighted by Crippen LogP contribution is 2.15. The van der Waals surface area contributed by atoms with E-state index in [0.29, 0.717) is 5.69 Å². The number of carbonyl (C=O) groups excluding carboxylic acids is 2. The minimum Gasteiger partial charge on any atom is -0.368 e. The number of non-ortho nitro benzene ring substituents is 1. The van der Waals surface area contributed by atoms with E-state index in [1.165, 1.54) is 24.3 Å². The molecule has 0 aliphatic carbocycles. The van der Waals surface area contributed by atoms with Crippen LogP contribution in [0.1, 0.15) is 12.8 Å². The van der Waals surface area contributed by atoms with Gasteiger partial charge in [0.25, 0.3) is 5.69 Å². The highest BCUT2D eigenvalue weighted by atomic mass is 16.6. The molecule has 0 unspecified atom stereocenters. The number of nitro groups is 1. The van der Waals surface area contributed by atoms with Crippen LogP contribution in [0.3, 0.4) is 0 Å². The smallest absolute Gasteiger partial charge is 0.269 e. The maximum Gasteiger partial charge on any atom is 0.269 e. The number of nitrogens with zero attached hydrogens (tertiary/aromatic N) is 1. The van der Waals surface area contributed by atoms with Crippen LogP contribution < -0.4 is 16.8 Å². The molecule has 5 N–H and O–H groups in total. The molecule has 102 valence electrons. The van der Waals surface area contributed by atoms with Gasteiger partial charge in [0.05, 0.1) is 11.0 Å². The third-order valence-electron chi connectivity index (χ3n) is 2.41. The lowest BCUT2D eigenvalue weighted by Crippen LogP contribution is -2.37.